The van der Waals surface area contributed by atoms with Crippen LogP contribution in [-0.2, 0) is 6.42 Å². The van der Waals surface area contributed by atoms with Gasteiger partial charge in [0.1, 0.15) is 11.8 Å². The molecule has 25 heavy (non-hydrogen) atoms. The van der Waals surface area contributed by atoms with Crippen molar-refractivity contribution in [1.29, 1.82) is 0 Å². The van der Waals surface area contributed by atoms with Crippen molar-refractivity contribution in [2.75, 3.05) is 5.73 Å². The van der Waals surface area contributed by atoms with Gasteiger partial charge in [-0.25, -0.2) is 9.97 Å². The van der Waals surface area contributed by atoms with E-state index in [9.17, 15) is 0 Å². The van der Waals surface area contributed by atoms with Gasteiger partial charge in [0.2, 0.25) is 0 Å². The largest absolute Gasteiger partial charge is 0.382 e. The van der Waals surface area contributed by atoms with Crippen LogP contribution in [0.15, 0.2) is 67.1 Å². The Morgan fingerprint density at radius 1 is 0.920 bits per heavy atom. The molecule has 4 heteroatoms. The molecule has 1 atom stereocenters. The Morgan fingerprint density at radius 2 is 1.72 bits per heavy atom. The molecule has 2 heterocycles. The number of nitrogen functional groups attached to an aromatic ring is 1. The van der Waals surface area contributed by atoms with Crippen LogP contribution in [0, 0.1) is 0 Å². The van der Waals surface area contributed by atoms with E-state index in [1.54, 1.807) is 6.33 Å². The Morgan fingerprint density at radius 3 is 2.60 bits per heavy atom. The van der Waals surface area contributed by atoms with Gasteiger partial charge in [-0.3, -0.25) is 0 Å². The minimum absolute atomic E-state index is 0.359. The second-order valence-electron chi connectivity index (χ2n) is 6.54. The zero-order valence-electron chi connectivity index (χ0n) is 13.8. The van der Waals surface area contributed by atoms with Gasteiger partial charge in [-0.05, 0) is 36.1 Å². The van der Waals surface area contributed by atoms with Crippen LogP contribution in [0.5, 0.6) is 0 Å². The highest BCUT2D eigenvalue weighted by atomic mass is 15.0. The number of fused-ring (bicyclic) bond motifs is 2. The molecular formula is C21H18N4. The van der Waals surface area contributed by atoms with Gasteiger partial charge in [-0.2, -0.15) is 0 Å². The lowest BCUT2D eigenvalue weighted by molar-refractivity contribution is 0.790. The van der Waals surface area contributed by atoms with Gasteiger partial charge in [0, 0.05) is 23.4 Å². The molecule has 0 amide bonds. The maximum Gasteiger partial charge on any atom is 0.151 e. The third-order valence-corrected chi connectivity index (χ3v) is 5.18. The molecule has 0 aliphatic heterocycles. The highest BCUT2D eigenvalue weighted by Crippen LogP contribution is 2.42. The Kier molecular flexibility index (Phi) is 3.10. The van der Waals surface area contributed by atoms with E-state index >= 15 is 0 Å². The van der Waals surface area contributed by atoms with Gasteiger partial charge < -0.3 is 10.3 Å². The average molecular weight is 326 g/mol. The molecule has 4 aromatic rings. The molecule has 2 N–H and O–H groups in total. The lowest BCUT2D eigenvalue weighted by Crippen LogP contribution is -1.98. The number of nitrogens with two attached hydrogens (primary N) is 1. The summed E-state index contributed by atoms with van der Waals surface area (Å²) in [7, 11) is 0. The van der Waals surface area contributed by atoms with Gasteiger partial charge >= 0.3 is 0 Å². The predicted octanol–water partition coefficient (Wildman–Crippen LogP) is 4.08. The number of rotatable bonds is 2. The topological polar surface area (TPSA) is 56.7 Å². The van der Waals surface area contributed by atoms with Gasteiger partial charge in [-0.1, -0.05) is 42.5 Å². The van der Waals surface area contributed by atoms with Gasteiger partial charge in [0.25, 0.3) is 0 Å². The number of benzene rings is 2. The number of aryl methyl sites for hydroxylation is 1. The van der Waals surface area contributed by atoms with Crippen molar-refractivity contribution >= 4 is 16.9 Å². The summed E-state index contributed by atoms with van der Waals surface area (Å²) in [5.41, 5.74) is 13.2. The molecule has 0 saturated carbocycles. The molecule has 0 radical (unpaired) electrons. The van der Waals surface area contributed by atoms with Crippen LogP contribution in [0.1, 0.15) is 29.0 Å². The fourth-order valence-electron chi connectivity index (χ4n) is 4.03. The maximum absolute atomic E-state index is 6.23. The molecule has 1 aliphatic carbocycles. The van der Waals surface area contributed by atoms with Crippen LogP contribution >= 0.6 is 0 Å². The van der Waals surface area contributed by atoms with Crippen LogP contribution in [0.4, 0.5) is 5.82 Å². The third kappa shape index (κ3) is 2.14. The molecule has 122 valence electrons. The molecule has 5 rings (SSSR count). The molecule has 1 unspecified atom stereocenters. The van der Waals surface area contributed by atoms with Crippen LogP contribution in [-0.4, -0.2) is 14.5 Å². The molecule has 2 aromatic heterocycles. The fourth-order valence-corrected chi connectivity index (χ4v) is 4.03. The number of para-hydroxylation sites is 1. The predicted molar refractivity (Wildman–Crippen MR) is 99.9 cm³/mol. The molecular weight excluding hydrogens is 308 g/mol. The summed E-state index contributed by atoms with van der Waals surface area (Å²) >= 11 is 0. The fraction of sp³-hybridized carbons (Fsp3) is 0.143. The number of anilines is 1. The van der Waals surface area contributed by atoms with Gasteiger partial charge in [0.05, 0.1) is 5.52 Å². The second-order valence-corrected chi connectivity index (χ2v) is 6.54. The van der Waals surface area contributed by atoms with Crippen molar-refractivity contribution in [3.05, 3.63) is 83.8 Å². The van der Waals surface area contributed by atoms with E-state index in [1.165, 1.54) is 16.7 Å². The minimum atomic E-state index is 0.359. The number of hydrogen-bond donors (Lipinski definition) is 1. The first kappa shape index (κ1) is 14.2. The zero-order valence-corrected chi connectivity index (χ0v) is 13.8. The summed E-state index contributed by atoms with van der Waals surface area (Å²) in [5.74, 6) is 0.879. The Bertz CT molecular complexity index is 1070. The molecule has 0 fully saturated rings. The van der Waals surface area contributed by atoms with Crippen molar-refractivity contribution in [3.63, 3.8) is 0 Å². The smallest absolute Gasteiger partial charge is 0.151 e. The number of nitrogens with zero attached hydrogens (tertiary/aromatic N) is 3. The molecule has 0 spiro atoms. The summed E-state index contributed by atoms with van der Waals surface area (Å²) in [6.07, 6.45) is 5.98. The maximum atomic E-state index is 6.23. The van der Waals surface area contributed by atoms with E-state index in [0.717, 1.165) is 29.6 Å². The van der Waals surface area contributed by atoms with Crippen molar-refractivity contribution < 1.29 is 0 Å². The zero-order chi connectivity index (χ0) is 16.8. The van der Waals surface area contributed by atoms with Gasteiger partial charge in [0.15, 0.2) is 5.82 Å². The normalized spacial score (nSPS) is 16.2. The van der Waals surface area contributed by atoms with Gasteiger partial charge in [-0.15, -0.1) is 0 Å². The minimum Gasteiger partial charge on any atom is -0.382 e. The standard InChI is InChI=1S/C21H18N4/c22-21-20-19(23-13-24-21)18(12-25(20)15-7-2-1-3-8-15)17-11-10-14-6-4-5-9-16(14)17/h1-9,12-13,17H,10-11H2,(H2,22,23,24). The molecule has 1 aliphatic rings. The van der Waals surface area contributed by atoms with Crippen LogP contribution in [0.3, 0.4) is 0 Å². The summed E-state index contributed by atoms with van der Waals surface area (Å²) in [5, 5.41) is 0. The van der Waals surface area contributed by atoms with Crippen LogP contribution in [0.25, 0.3) is 16.7 Å². The third-order valence-electron chi connectivity index (χ3n) is 5.18. The summed E-state index contributed by atoms with van der Waals surface area (Å²) in [4.78, 5) is 8.82. The molecule has 0 saturated heterocycles. The summed E-state index contributed by atoms with van der Waals surface area (Å²) in [6, 6.07) is 19.0. The first-order chi connectivity index (χ1) is 12.3. The number of hydrogen-bond acceptors (Lipinski definition) is 3. The quantitative estimate of drug-likeness (QED) is 0.604. The Balaban J connectivity index is 1.77. The van der Waals surface area contributed by atoms with E-state index in [2.05, 4.69) is 57.1 Å². The average Bonchev–Trinajstić information content (AvgIpc) is 3.24. The highest BCUT2D eigenvalue weighted by molar-refractivity contribution is 5.90. The second kappa shape index (κ2) is 5.45. The van der Waals surface area contributed by atoms with E-state index in [4.69, 9.17) is 5.73 Å². The summed E-state index contributed by atoms with van der Waals surface area (Å²) in [6.45, 7) is 0. The van der Waals surface area contributed by atoms with E-state index < -0.39 is 0 Å². The van der Waals surface area contributed by atoms with E-state index in [-0.39, 0.29) is 0 Å². The van der Waals surface area contributed by atoms with Crippen molar-refractivity contribution in [2.24, 2.45) is 0 Å². The van der Waals surface area contributed by atoms with Crippen molar-refractivity contribution in [2.45, 2.75) is 18.8 Å². The lowest BCUT2D eigenvalue weighted by Gasteiger charge is -2.10. The monoisotopic (exact) mass is 326 g/mol. The van der Waals surface area contributed by atoms with E-state index in [0.29, 0.717) is 11.7 Å². The molecule has 4 nitrogen and oxygen atoms in total. The lowest BCUT2D eigenvalue weighted by atomic mass is 9.94. The number of aromatic nitrogens is 3. The Hall–Kier alpha value is -3.14. The van der Waals surface area contributed by atoms with Crippen molar-refractivity contribution in [3.8, 4) is 5.69 Å². The molecule has 2 aromatic carbocycles. The SMILES string of the molecule is Nc1ncnc2c(C3CCc4ccccc43)cn(-c3ccccc3)c12. The first-order valence-corrected chi connectivity index (χ1v) is 8.57. The first-order valence-electron chi connectivity index (χ1n) is 8.57. The van der Waals surface area contributed by atoms with Crippen LogP contribution < -0.4 is 5.73 Å². The van der Waals surface area contributed by atoms with Crippen molar-refractivity contribution in [1.82, 2.24) is 14.5 Å². The van der Waals surface area contributed by atoms with E-state index in [1.807, 2.05) is 18.2 Å². The van der Waals surface area contributed by atoms with Crippen LogP contribution in [0.2, 0.25) is 0 Å². The highest BCUT2D eigenvalue weighted by Gasteiger charge is 2.28. The molecule has 0 bridgehead atoms. The Labute approximate surface area is 146 Å². The summed E-state index contributed by atoms with van der Waals surface area (Å²) < 4.78 is 2.13.